The molecule has 0 atom stereocenters. The number of carbonyl (C=O) groups is 6. The number of aliphatic hydroxyl groups is 4. The van der Waals surface area contributed by atoms with Crippen LogP contribution < -0.4 is 33.8 Å². The first kappa shape index (κ1) is 140. The van der Waals surface area contributed by atoms with Crippen LogP contribution in [0.2, 0.25) is 72.5 Å². The first-order valence-corrected chi connectivity index (χ1v) is 63.7. The number of amides is 4. The van der Waals surface area contributed by atoms with Crippen LogP contribution >= 0.6 is 0 Å². The second-order valence-electron chi connectivity index (χ2n) is 42.3. The third kappa shape index (κ3) is 52.9. The molecule has 0 fully saturated rings. The molecule has 6 aromatic carbocycles. The van der Waals surface area contributed by atoms with E-state index in [0.29, 0.717) is 87.2 Å². The number of esters is 2. The average Bonchev–Trinajstić information content (AvgIpc) is 1.64. The summed E-state index contributed by atoms with van der Waals surface area (Å²) in [6, 6.07) is 34.0. The van der Waals surface area contributed by atoms with Crippen LogP contribution in [0.25, 0.3) is 0 Å². The Balaban J connectivity index is 0. The number of hydrogen-bond acceptors (Lipinski definition) is 27. The number of nitrogens with two attached hydrogens (primary N) is 4. The number of benzene rings is 6. The highest BCUT2D eigenvalue weighted by molar-refractivity contribution is 6.75. The number of nitrogens with zero attached hydrogens (tertiary/aromatic N) is 5. The Bertz CT molecular complexity index is 4600. The van der Waals surface area contributed by atoms with E-state index in [1.807, 2.05) is 19.1 Å². The van der Waals surface area contributed by atoms with Crippen molar-refractivity contribution in [2.75, 3.05) is 89.5 Å². The van der Waals surface area contributed by atoms with Crippen LogP contribution in [0.5, 0.6) is 0 Å². The minimum absolute atomic E-state index is 0. The Morgan fingerprint density at radius 1 is 0.361 bits per heavy atom. The summed E-state index contributed by atoms with van der Waals surface area (Å²) in [5.41, 5.74) is 16.1. The molecule has 0 aliphatic carbocycles. The van der Waals surface area contributed by atoms with Gasteiger partial charge in [0, 0.05) is 84.0 Å². The van der Waals surface area contributed by atoms with Gasteiger partial charge in [-0.15, -0.1) is 0 Å². The van der Waals surface area contributed by atoms with E-state index >= 15 is 0 Å². The first-order chi connectivity index (χ1) is 68.6. The first-order valence-electron chi connectivity index (χ1n) is 52.1. The molecule has 0 saturated heterocycles. The average molecular weight is 2130 g/mol. The standard InChI is InChI=1S/C20H36N2O3Si.C20H31NO3Si.C19H34N2O4Si.C14H17NO3.C12H29NOSi.C8H4O3.C7H6FNO3.C6H15NO.C3H8.H4N2.H2O/c1-7-17-12-13-18(19(16-17)22(23)24)21-14-10-8-9-11-15-25-26(5,6)20(2,3)4;1-20(2,3)25(4,5)24-15-11-7-6-10-14-21-18(22)16-12-8-9-13-17(16)19(21)23;1-19(2,3)26(4,5)25-13-9-7-6-8-12-20-17-11-10-16(15-22)14-18(17)21(23)24;16-10-6-2-1-5-9-15-13(17)11-7-3-4-8-12(11)14(15)18;1-12(2,3)15(4,5)14-11-9-7-6-8-10-13;9-7-5-3-1-2-4-6(5)8(10)11-7;8-6-2-1-5(4-10)3-7(6)9(11)12;7-5-3-1-2-4-6-8;1-3-2;1-2;/h12-13,16,21H,7-11,14-15H2,1-6H3;8-9,12-13H,6-7,10-11,14-15H2,1-5H3;10-11,14,20,22H,6-9,12-13,15H2,1-5H3;3-4,7-8,16H,1-2,5-6,9-10H2;6-11,13H2,1-5H3;1-4H;1-3,10H,4H2;8H,1-7H2;3H2,1-2H3;1-2H2;1H2. The van der Waals surface area contributed by atoms with Gasteiger partial charge in [-0.05, 0) is 240 Å². The summed E-state index contributed by atoms with van der Waals surface area (Å²) in [5.74, 6) is 5.34. The van der Waals surface area contributed by atoms with Gasteiger partial charge in [0.15, 0.2) is 33.3 Å². The second-order valence-corrected chi connectivity index (χ2v) is 61.5. The normalized spacial score (nSPS) is 12.5. The molecule has 0 unspecified atom stereocenters. The molecule has 9 rings (SSSR count). The fourth-order valence-electron chi connectivity index (χ4n) is 13.2. The number of nitro benzene ring substituents is 3. The largest absolute Gasteiger partial charge is 0.417 e. The monoisotopic (exact) mass is 2130 g/mol. The second kappa shape index (κ2) is 73.9. The number of hydrogen-bond donors (Lipinski definition) is 10. The van der Waals surface area contributed by atoms with Gasteiger partial charge >= 0.3 is 17.6 Å². The van der Waals surface area contributed by atoms with Gasteiger partial charge in [-0.25, -0.2) is 9.59 Å². The van der Waals surface area contributed by atoms with Gasteiger partial charge in [-0.2, -0.15) is 4.39 Å². The summed E-state index contributed by atoms with van der Waals surface area (Å²) in [5, 5.41) is 74.6. The number of ether oxygens (including phenoxy) is 1. The van der Waals surface area contributed by atoms with E-state index in [9.17, 15) is 63.5 Å². The van der Waals surface area contributed by atoms with Gasteiger partial charge in [-0.1, -0.05) is 242 Å². The number of imide groups is 2. The van der Waals surface area contributed by atoms with Gasteiger partial charge in [0.25, 0.3) is 35.0 Å². The fraction of sp³-hybridized carbons (Fsp3) is 0.615. The van der Waals surface area contributed by atoms with Gasteiger partial charge in [0.2, 0.25) is 5.82 Å². The molecule has 0 spiro atoms. The molecule has 3 heterocycles. The van der Waals surface area contributed by atoms with Crippen molar-refractivity contribution in [2.24, 2.45) is 23.2 Å². The molecule has 16 N–H and O–H groups in total. The van der Waals surface area contributed by atoms with E-state index in [1.165, 1.54) is 47.6 Å². The maximum atomic E-state index is 12.6. The van der Waals surface area contributed by atoms with Crippen LogP contribution in [0, 0.1) is 36.2 Å². The number of cyclic esters (lactones) is 2. The quantitative estimate of drug-likeness (QED) is 0.00248. The van der Waals surface area contributed by atoms with Crippen molar-refractivity contribution in [1.82, 2.24) is 9.80 Å². The van der Waals surface area contributed by atoms with E-state index < -0.39 is 66.6 Å². The Hall–Kier alpha value is -9.18. The van der Waals surface area contributed by atoms with Crippen LogP contribution in [0.1, 0.15) is 343 Å². The van der Waals surface area contributed by atoms with Crippen LogP contribution in [0.15, 0.2) is 127 Å². The van der Waals surface area contributed by atoms with E-state index in [4.69, 9.17) is 49.6 Å². The van der Waals surface area contributed by atoms with Gasteiger partial charge < -0.3 is 70.4 Å². The highest BCUT2D eigenvalue weighted by Gasteiger charge is 2.42. The molecule has 3 aliphatic rings. The molecule has 147 heavy (non-hydrogen) atoms. The molecule has 0 radical (unpaired) electrons. The summed E-state index contributed by atoms with van der Waals surface area (Å²) < 4.78 is 41.6. The predicted molar refractivity (Wildman–Crippen MR) is 601 cm³/mol. The molecular formula is C109H186FN11O22Si4. The Kier molecular flexibility index (Phi) is 70.3. The molecule has 6 aromatic rings. The van der Waals surface area contributed by atoms with Crippen LogP contribution in [0.4, 0.5) is 32.8 Å². The molecule has 0 bridgehead atoms. The van der Waals surface area contributed by atoms with Crippen molar-refractivity contribution in [2.45, 2.75) is 357 Å². The zero-order valence-corrected chi connectivity index (χ0v) is 97.1. The molecule has 0 saturated carbocycles. The zero-order valence-electron chi connectivity index (χ0n) is 93.1. The zero-order chi connectivity index (χ0) is 111. The number of aliphatic hydroxyl groups excluding tert-OH is 4. The number of rotatable bonds is 50. The van der Waals surface area contributed by atoms with Gasteiger partial charge in [-0.3, -0.25) is 71.0 Å². The molecule has 38 heteroatoms. The maximum absolute atomic E-state index is 12.6. The van der Waals surface area contributed by atoms with Crippen molar-refractivity contribution in [3.63, 3.8) is 0 Å². The summed E-state index contributed by atoms with van der Waals surface area (Å²) >= 11 is 0. The molecule has 0 aromatic heterocycles. The van der Waals surface area contributed by atoms with E-state index in [-0.39, 0.29) is 80.3 Å². The predicted octanol–water partition coefficient (Wildman–Crippen LogP) is 23.6. The van der Waals surface area contributed by atoms with E-state index in [1.54, 1.807) is 91.0 Å². The smallest absolute Gasteiger partial charge is 0.346 e. The maximum Gasteiger partial charge on any atom is 0.346 e. The number of nitrogens with one attached hydrogen (secondary N) is 2. The van der Waals surface area contributed by atoms with Crippen LogP contribution in [0.3, 0.4) is 0 Å². The van der Waals surface area contributed by atoms with Crippen LogP contribution in [-0.2, 0) is 42.1 Å². The number of fused-ring (bicyclic) bond motifs is 3. The number of anilines is 2. The lowest BCUT2D eigenvalue weighted by atomic mass is 10.1. The number of unbranched alkanes of at least 4 members (excludes halogenated alkanes) is 18. The van der Waals surface area contributed by atoms with Crippen molar-refractivity contribution in [1.29, 1.82) is 0 Å². The molecule has 832 valence electrons. The number of aryl methyl sites for hydroxylation is 1. The minimum atomic E-state index is -1.65. The van der Waals surface area contributed by atoms with E-state index in [0.717, 1.165) is 205 Å². The molecule has 33 nitrogen and oxygen atoms in total. The van der Waals surface area contributed by atoms with Gasteiger partial charge in [0.05, 0.1) is 61.4 Å². The Morgan fingerprint density at radius 2 is 0.605 bits per heavy atom. The number of hydrazine groups is 1. The SMILES string of the molecule is CC(C)(C)[Si](C)(C)OCCCCCCN.CC(C)(C)[Si](C)(C)OCCCCCCN1C(=O)c2ccccc2C1=O.CC(C)(C)[Si](C)(C)OCCCCCCNc1ccc(CO)cc1[N+](=O)[O-].CCC.CCc1ccc(NCCCCCCO[Si](C)(C)C(C)(C)C)c([N+](=O)[O-])c1.NCCCCCCO.NN.O.O=C1OC(=O)c2ccccc21.O=C1c2ccccc2C(=O)N1CCCCCCO.O=[N+]([O-])c1cc(CO)ccc1F. The number of carbonyl (C=O) groups excluding carboxylic acids is 6. The van der Waals surface area contributed by atoms with Crippen molar-refractivity contribution in [3.05, 3.63) is 214 Å². The molecule has 3 aliphatic heterocycles. The third-order valence-corrected chi connectivity index (χ3v) is 44.6. The van der Waals surface area contributed by atoms with Gasteiger partial charge in [0.1, 0.15) is 11.4 Å². The summed E-state index contributed by atoms with van der Waals surface area (Å²) in [6.07, 6.45) is 27.1. The van der Waals surface area contributed by atoms with Crippen molar-refractivity contribution in [3.8, 4) is 0 Å². The summed E-state index contributed by atoms with van der Waals surface area (Å²) in [7, 11) is -6.41. The topological polar surface area (TPSA) is 525 Å². The highest BCUT2D eigenvalue weighted by Crippen LogP contribution is 2.41. The fourth-order valence-corrected chi connectivity index (χ4v) is 17.6. The summed E-state index contributed by atoms with van der Waals surface area (Å²) in [4.78, 5) is 104. The molecule has 4 amide bonds. The van der Waals surface area contributed by atoms with Crippen molar-refractivity contribution < 1.29 is 96.3 Å². The van der Waals surface area contributed by atoms with Crippen molar-refractivity contribution >= 4 is 97.3 Å². The summed E-state index contributed by atoms with van der Waals surface area (Å²) in [6.45, 7) is 59.1. The lowest BCUT2D eigenvalue weighted by Crippen LogP contribution is -2.40. The number of nitro groups is 3. The van der Waals surface area contributed by atoms with Crippen LogP contribution in [-0.4, -0.2) is 198 Å². The third-order valence-electron chi connectivity index (χ3n) is 26.4. The minimum Gasteiger partial charge on any atom is -0.417 e. The van der Waals surface area contributed by atoms with E-state index in [2.05, 4.69) is 176 Å². The lowest BCUT2D eigenvalue weighted by Gasteiger charge is -2.36. The number of halogens is 1. The Labute approximate surface area is 881 Å². The highest BCUT2D eigenvalue weighted by atomic mass is 28.4. The Morgan fingerprint density at radius 3 is 0.871 bits per heavy atom. The molecular weight excluding hydrogens is 1950 g/mol. The lowest BCUT2D eigenvalue weighted by molar-refractivity contribution is -0.387.